The number of carboxylic acids is 1. The maximum atomic E-state index is 11.3. The first-order valence-corrected chi connectivity index (χ1v) is 7.75. The van der Waals surface area contributed by atoms with Gasteiger partial charge in [0.2, 0.25) is 0 Å². The Balaban J connectivity index is 2.09. The quantitative estimate of drug-likeness (QED) is 0.858. The lowest BCUT2D eigenvalue weighted by atomic mass is 9.82. The third-order valence-corrected chi connectivity index (χ3v) is 4.67. The smallest absolute Gasteiger partial charge is 0.310 e. The van der Waals surface area contributed by atoms with Crippen molar-refractivity contribution in [2.75, 3.05) is 13.1 Å². The predicted octanol–water partition coefficient (Wildman–Crippen LogP) is 3.29. The number of aromatic nitrogens is 1. The van der Waals surface area contributed by atoms with Gasteiger partial charge in [0.1, 0.15) is 0 Å². The molecule has 19 heavy (non-hydrogen) atoms. The lowest BCUT2D eigenvalue weighted by Crippen LogP contribution is -2.45. The first kappa shape index (κ1) is 14.9. The van der Waals surface area contributed by atoms with Crippen molar-refractivity contribution in [3.05, 3.63) is 26.9 Å². The van der Waals surface area contributed by atoms with E-state index in [0.29, 0.717) is 13.1 Å². The fraction of sp³-hybridized carbons (Fsp3) is 0.538. The van der Waals surface area contributed by atoms with Gasteiger partial charge in [0.05, 0.1) is 11.1 Å². The number of nitrogens with zero attached hydrogens (tertiary/aromatic N) is 2. The maximum Gasteiger partial charge on any atom is 0.310 e. The van der Waals surface area contributed by atoms with Crippen molar-refractivity contribution < 1.29 is 9.90 Å². The minimum Gasteiger partial charge on any atom is -0.481 e. The number of piperidine rings is 1. The Morgan fingerprint density at radius 3 is 2.95 bits per heavy atom. The normalized spacial score (nSPS) is 24.4. The number of likely N-dealkylation sites (tertiary alicyclic amines) is 1. The lowest BCUT2D eigenvalue weighted by Gasteiger charge is -2.37. The second-order valence-corrected chi connectivity index (χ2v) is 7.03. The Kier molecular flexibility index (Phi) is 4.63. The van der Waals surface area contributed by atoms with E-state index in [1.165, 1.54) is 0 Å². The molecule has 1 aliphatic rings. The van der Waals surface area contributed by atoms with Gasteiger partial charge in [0.25, 0.3) is 0 Å². The summed E-state index contributed by atoms with van der Waals surface area (Å²) in [6.07, 6.45) is 3.42. The summed E-state index contributed by atoms with van der Waals surface area (Å²) in [5.74, 6) is -0.708. The molecule has 1 aromatic heterocycles. The van der Waals surface area contributed by atoms with Gasteiger partial charge >= 0.3 is 5.97 Å². The Bertz CT molecular complexity index is 496. The zero-order valence-electron chi connectivity index (χ0n) is 10.7. The van der Waals surface area contributed by atoms with E-state index in [0.717, 1.165) is 34.0 Å². The van der Waals surface area contributed by atoms with Crippen LogP contribution in [-0.2, 0) is 11.3 Å². The van der Waals surface area contributed by atoms with Crippen LogP contribution in [-0.4, -0.2) is 34.0 Å². The topological polar surface area (TPSA) is 53.4 Å². The van der Waals surface area contributed by atoms with Crippen LogP contribution in [0.5, 0.6) is 0 Å². The number of pyridine rings is 1. The first-order chi connectivity index (χ1) is 8.90. The van der Waals surface area contributed by atoms with Gasteiger partial charge in [-0.3, -0.25) is 14.7 Å². The van der Waals surface area contributed by atoms with E-state index in [1.54, 1.807) is 6.20 Å². The van der Waals surface area contributed by atoms with E-state index in [4.69, 9.17) is 0 Å². The van der Waals surface area contributed by atoms with Gasteiger partial charge in [-0.25, -0.2) is 0 Å². The van der Waals surface area contributed by atoms with Gasteiger partial charge in [-0.2, -0.15) is 0 Å². The third kappa shape index (κ3) is 3.55. The van der Waals surface area contributed by atoms with Crippen molar-refractivity contribution >= 4 is 37.8 Å². The van der Waals surface area contributed by atoms with E-state index in [1.807, 2.05) is 13.0 Å². The summed E-state index contributed by atoms with van der Waals surface area (Å²) in [5.41, 5.74) is 0.304. The molecule has 0 amide bonds. The van der Waals surface area contributed by atoms with E-state index in [2.05, 4.69) is 41.7 Å². The number of hydrogen-bond donors (Lipinski definition) is 1. The summed E-state index contributed by atoms with van der Waals surface area (Å²) < 4.78 is 1.88. The largest absolute Gasteiger partial charge is 0.481 e. The molecule has 0 aliphatic carbocycles. The summed E-state index contributed by atoms with van der Waals surface area (Å²) >= 11 is 6.87. The molecule has 1 aromatic rings. The van der Waals surface area contributed by atoms with Gasteiger partial charge in [0, 0.05) is 28.2 Å². The fourth-order valence-electron chi connectivity index (χ4n) is 2.43. The zero-order chi connectivity index (χ0) is 14.0. The minimum atomic E-state index is -0.708. The van der Waals surface area contributed by atoms with Crippen LogP contribution in [0.1, 0.15) is 25.5 Å². The Labute approximate surface area is 129 Å². The molecule has 4 nitrogen and oxygen atoms in total. The van der Waals surface area contributed by atoms with Crippen LogP contribution >= 0.6 is 31.9 Å². The van der Waals surface area contributed by atoms with Crippen molar-refractivity contribution in [3.8, 4) is 0 Å². The van der Waals surface area contributed by atoms with E-state index >= 15 is 0 Å². The molecule has 1 unspecified atom stereocenters. The number of hydrogen-bond acceptors (Lipinski definition) is 3. The van der Waals surface area contributed by atoms with E-state index < -0.39 is 11.4 Å². The molecule has 2 rings (SSSR count). The molecule has 2 heterocycles. The molecule has 1 fully saturated rings. The maximum absolute atomic E-state index is 11.3. The highest BCUT2D eigenvalue weighted by Gasteiger charge is 2.37. The number of carbonyl (C=O) groups is 1. The second-order valence-electron chi connectivity index (χ2n) is 5.26. The van der Waals surface area contributed by atoms with Gasteiger partial charge < -0.3 is 5.11 Å². The van der Waals surface area contributed by atoms with Crippen LogP contribution in [0.2, 0.25) is 0 Å². The fourth-order valence-corrected chi connectivity index (χ4v) is 3.54. The average molecular weight is 392 g/mol. The monoisotopic (exact) mass is 390 g/mol. The number of carboxylic acid groups (broad SMARTS) is 1. The van der Waals surface area contributed by atoms with Crippen LogP contribution in [0.3, 0.4) is 0 Å². The molecule has 1 atom stereocenters. The Hall–Kier alpha value is -0.460. The van der Waals surface area contributed by atoms with E-state index in [9.17, 15) is 9.90 Å². The van der Waals surface area contributed by atoms with Crippen molar-refractivity contribution in [3.63, 3.8) is 0 Å². The molecular weight excluding hydrogens is 376 g/mol. The van der Waals surface area contributed by atoms with Crippen molar-refractivity contribution in [1.29, 1.82) is 0 Å². The number of rotatable bonds is 3. The molecule has 0 radical (unpaired) electrons. The molecule has 0 spiro atoms. The minimum absolute atomic E-state index is 0.576. The summed E-state index contributed by atoms with van der Waals surface area (Å²) in [5, 5.41) is 9.31. The molecule has 1 aliphatic heterocycles. The van der Waals surface area contributed by atoms with Crippen LogP contribution in [0.25, 0.3) is 0 Å². The van der Waals surface area contributed by atoms with Crippen molar-refractivity contribution in [2.24, 2.45) is 5.41 Å². The van der Waals surface area contributed by atoms with Crippen LogP contribution < -0.4 is 0 Å². The van der Waals surface area contributed by atoms with Gasteiger partial charge in [-0.05, 0) is 64.2 Å². The summed E-state index contributed by atoms with van der Waals surface area (Å²) in [6, 6.07) is 1.96. The molecule has 0 saturated carbocycles. The highest BCUT2D eigenvalue weighted by Crippen LogP contribution is 2.31. The summed E-state index contributed by atoms with van der Waals surface area (Å²) in [4.78, 5) is 17.9. The lowest BCUT2D eigenvalue weighted by molar-refractivity contribution is -0.151. The second kappa shape index (κ2) is 5.89. The van der Waals surface area contributed by atoms with Crippen LogP contribution in [0.15, 0.2) is 21.2 Å². The first-order valence-electron chi connectivity index (χ1n) is 6.16. The van der Waals surface area contributed by atoms with Gasteiger partial charge in [-0.1, -0.05) is 0 Å². The Morgan fingerprint density at radius 2 is 2.32 bits per heavy atom. The zero-order valence-corrected chi connectivity index (χ0v) is 13.9. The molecule has 1 N–H and O–H groups in total. The third-order valence-electron chi connectivity index (χ3n) is 3.55. The van der Waals surface area contributed by atoms with Crippen molar-refractivity contribution in [2.45, 2.75) is 26.3 Å². The molecule has 1 saturated heterocycles. The molecular formula is C13H16Br2N2O2. The van der Waals surface area contributed by atoms with E-state index in [-0.39, 0.29) is 0 Å². The van der Waals surface area contributed by atoms with Crippen LogP contribution in [0, 0.1) is 5.41 Å². The number of aliphatic carboxylic acids is 1. The Morgan fingerprint density at radius 1 is 1.58 bits per heavy atom. The van der Waals surface area contributed by atoms with Crippen molar-refractivity contribution in [1.82, 2.24) is 9.88 Å². The molecule has 0 bridgehead atoms. The molecule has 104 valence electrons. The summed E-state index contributed by atoms with van der Waals surface area (Å²) in [6.45, 7) is 4.00. The van der Waals surface area contributed by atoms with Gasteiger partial charge in [0.15, 0.2) is 0 Å². The highest BCUT2D eigenvalue weighted by atomic mass is 79.9. The van der Waals surface area contributed by atoms with Gasteiger partial charge in [-0.15, -0.1) is 0 Å². The van der Waals surface area contributed by atoms with Crippen LogP contribution in [0.4, 0.5) is 0 Å². The summed E-state index contributed by atoms with van der Waals surface area (Å²) in [7, 11) is 0. The predicted molar refractivity (Wildman–Crippen MR) is 79.9 cm³/mol. The molecule has 0 aromatic carbocycles. The highest BCUT2D eigenvalue weighted by molar-refractivity contribution is 9.11. The number of halogens is 2. The molecule has 6 heteroatoms. The SMILES string of the molecule is CC1(C(=O)O)CCCN(Cc2ncc(Br)cc2Br)C1. The average Bonchev–Trinajstić information content (AvgIpc) is 2.33. The standard InChI is InChI=1S/C13H16Br2N2O2/c1-13(12(18)19)3-2-4-17(8-13)7-11-10(15)5-9(14)6-16-11/h5-6H,2-4,7-8H2,1H3,(H,18,19).